The van der Waals surface area contributed by atoms with Crippen LogP contribution < -0.4 is 10.2 Å². The monoisotopic (exact) mass is 637 g/mol. The van der Waals surface area contributed by atoms with Crippen LogP contribution in [0, 0.1) is 29.9 Å². The van der Waals surface area contributed by atoms with Crippen LogP contribution in [0.15, 0.2) is 73.1 Å². The van der Waals surface area contributed by atoms with Crippen LogP contribution in [0.5, 0.6) is 0 Å². The molecule has 2 aliphatic heterocycles. The van der Waals surface area contributed by atoms with Gasteiger partial charge in [-0.3, -0.25) is 15.2 Å². The van der Waals surface area contributed by atoms with Crippen molar-refractivity contribution in [3.63, 3.8) is 0 Å². The molecule has 2 N–H and O–H groups in total. The molecule has 2 fully saturated rings. The highest BCUT2D eigenvalue weighted by Gasteiger charge is 2.23. The maximum atomic E-state index is 14.1. The molecule has 6 rings (SSSR count). The zero-order valence-electron chi connectivity index (χ0n) is 27.0. The molecule has 2 saturated heterocycles. The second-order valence-electron chi connectivity index (χ2n) is 12.7. The number of rotatable bonds is 8. The largest absolute Gasteiger partial charge is 0.381 e. The Balaban J connectivity index is 1.29. The zero-order chi connectivity index (χ0) is 32.9. The number of likely N-dealkylation sites (N-methyl/N-ethyl adjacent to an activating group) is 1. The van der Waals surface area contributed by atoms with Gasteiger partial charge in [-0.05, 0) is 127 Å². The molecule has 1 amide bonds. The average molecular weight is 638 g/mol. The lowest BCUT2D eigenvalue weighted by Crippen LogP contribution is -2.44. The smallest absolute Gasteiger partial charge is 0.257 e. The third-order valence-corrected chi connectivity index (χ3v) is 9.32. The molecule has 0 radical (unpaired) electrons. The number of halogens is 2. The summed E-state index contributed by atoms with van der Waals surface area (Å²) in [5.41, 5.74) is 7.03. The van der Waals surface area contributed by atoms with Crippen molar-refractivity contribution < 1.29 is 18.3 Å². The van der Waals surface area contributed by atoms with Crippen molar-refractivity contribution in [2.45, 2.75) is 32.6 Å². The second-order valence-corrected chi connectivity index (χ2v) is 12.7. The molecule has 9 heteroatoms. The molecule has 0 spiro atoms. The Morgan fingerprint density at radius 1 is 0.915 bits per heavy atom. The summed E-state index contributed by atoms with van der Waals surface area (Å²) in [7, 11) is 2.13. The molecule has 2 aliphatic rings. The van der Waals surface area contributed by atoms with Gasteiger partial charge < -0.3 is 19.9 Å². The first-order chi connectivity index (χ1) is 22.7. The molecule has 0 atom stereocenters. The Hall–Kier alpha value is -4.47. The van der Waals surface area contributed by atoms with Crippen LogP contribution in [0.1, 0.15) is 51.0 Å². The SMILES string of the molecule is Cc1cc(-c2ccncc2)c(Cc2cc(F)cc(F)c2)cc1C(=N)NC(=O)c1ccc(N2CCN(C)CC2)cc1CC1CCOCC1. The highest BCUT2D eigenvalue weighted by molar-refractivity contribution is 6.12. The average Bonchev–Trinajstić information content (AvgIpc) is 3.06. The number of carbonyl (C=O) groups is 1. The van der Waals surface area contributed by atoms with Crippen molar-refractivity contribution in [3.05, 3.63) is 118 Å². The van der Waals surface area contributed by atoms with Gasteiger partial charge in [0.2, 0.25) is 0 Å². The first-order valence-corrected chi connectivity index (χ1v) is 16.3. The summed E-state index contributed by atoms with van der Waals surface area (Å²) in [5.74, 6) is -1.22. The zero-order valence-corrected chi connectivity index (χ0v) is 27.0. The third kappa shape index (κ3) is 7.92. The van der Waals surface area contributed by atoms with Crippen LogP contribution in [0.2, 0.25) is 0 Å². The molecule has 0 saturated carbocycles. The lowest BCUT2D eigenvalue weighted by atomic mass is 9.89. The first kappa shape index (κ1) is 32.5. The van der Waals surface area contributed by atoms with Crippen LogP contribution in [-0.2, 0) is 17.6 Å². The molecule has 1 aromatic heterocycles. The number of hydrogen-bond donors (Lipinski definition) is 2. The topological polar surface area (TPSA) is 81.5 Å². The van der Waals surface area contributed by atoms with E-state index in [1.54, 1.807) is 12.4 Å². The number of pyridine rings is 1. The van der Waals surface area contributed by atoms with Gasteiger partial charge >= 0.3 is 0 Å². The summed E-state index contributed by atoms with van der Waals surface area (Å²) in [5, 5.41) is 11.9. The molecule has 4 aromatic rings. The number of ether oxygens (including phenoxy) is 1. The molecule has 3 aromatic carbocycles. The molecule has 7 nitrogen and oxygen atoms in total. The van der Waals surface area contributed by atoms with E-state index in [9.17, 15) is 13.6 Å². The predicted molar refractivity (Wildman–Crippen MR) is 181 cm³/mol. The van der Waals surface area contributed by atoms with Crippen LogP contribution in [-0.4, -0.2) is 68.1 Å². The number of anilines is 1. The van der Waals surface area contributed by atoms with Crippen molar-refractivity contribution in [1.82, 2.24) is 15.2 Å². The highest BCUT2D eigenvalue weighted by Crippen LogP contribution is 2.30. The summed E-state index contributed by atoms with van der Waals surface area (Å²) >= 11 is 0. The summed E-state index contributed by atoms with van der Waals surface area (Å²) < 4.78 is 33.8. The minimum Gasteiger partial charge on any atom is -0.381 e. The summed E-state index contributed by atoms with van der Waals surface area (Å²) in [4.78, 5) is 22.7. The number of aromatic nitrogens is 1. The van der Waals surface area contributed by atoms with Gasteiger partial charge in [0.1, 0.15) is 17.5 Å². The molecule has 3 heterocycles. The number of nitrogens with zero attached hydrogens (tertiary/aromatic N) is 3. The van der Waals surface area contributed by atoms with Crippen molar-refractivity contribution in [3.8, 4) is 11.1 Å². The molecule has 47 heavy (non-hydrogen) atoms. The minimum atomic E-state index is -0.645. The van der Waals surface area contributed by atoms with Crippen molar-refractivity contribution in [2.75, 3.05) is 51.3 Å². The van der Waals surface area contributed by atoms with Gasteiger partial charge in [-0.15, -0.1) is 0 Å². The number of hydrogen-bond acceptors (Lipinski definition) is 6. The molecular formula is C38H41F2N5O2. The second kappa shape index (κ2) is 14.5. The van der Waals surface area contributed by atoms with Crippen LogP contribution in [0.4, 0.5) is 14.5 Å². The highest BCUT2D eigenvalue weighted by atomic mass is 19.1. The summed E-state index contributed by atoms with van der Waals surface area (Å²) in [6.45, 7) is 7.20. The standard InChI is InChI=1S/C38H41F2N5O2/c1-25-17-36(28-5-9-42-10-6-28)30(19-27-20-31(39)24-32(40)21-27)23-35(25)37(41)43-38(46)34-4-3-33(45-13-11-44(2)12-14-45)22-29(34)18-26-7-15-47-16-8-26/h3-6,9-10,17,20-24,26H,7-8,11-16,18-19H2,1-2H3,(H2,41,43,46). The number of amidine groups is 1. The quantitative estimate of drug-likeness (QED) is 0.173. The normalized spacial score (nSPS) is 15.9. The van der Waals surface area contributed by atoms with Gasteiger partial charge in [0, 0.05) is 74.7 Å². The van der Waals surface area contributed by atoms with E-state index in [4.69, 9.17) is 10.1 Å². The number of aryl methyl sites for hydroxylation is 1. The predicted octanol–water partition coefficient (Wildman–Crippen LogP) is 6.40. The summed E-state index contributed by atoms with van der Waals surface area (Å²) in [6.07, 6.45) is 6.31. The Kier molecular flexibility index (Phi) is 10.0. The molecule has 0 unspecified atom stereocenters. The van der Waals surface area contributed by atoms with Crippen molar-refractivity contribution in [2.24, 2.45) is 5.92 Å². The molecule has 0 bridgehead atoms. The summed E-state index contributed by atoms with van der Waals surface area (Å²) in [6, 6.07) is 17.1. The first-order valence-electron chi connectivity index (χ1n) is 16.3. The maximum absolute atomic E-state index is 14.1. The van der Waals surface area contributed by atoms with Gasteiger partial charge in [-0.1, -0.05) is 6.07 Å². The molecule has 0 aliphatic carbocycles. The van der Waals surface area contributed by atoms with Gasteiger partial charge in [0.05, 0.1) is 0 Å². The third-order valence-electron chi connectivity index (χ3n) is 9.32. The van der Waals surface area contributed by atoms with E-state index in [2.05, 4.69) is 33.2 Å². The van der Waals surface area contributed by atoms with E-state index in [-0.39, 0.29) is 18.2 Å². The van der Waals surface area contributed by atoms with Gasteiger partial charge in [-0.25, -0.2) is 8.78 Å². The number of nitrogens with one attached hydrogen (secondary N) is 2. The van der Waals surface area contributed by atoms with E-state index in [0.29, 0.717) is 22.6 Å². The fraction of sp³-hybridized carbons (Fsp3) is 0.342. The van der Waals surface area contributed by atoms with E-state index < -0.39 is 11.6 Å². The van der Waals surface area contributed by atoms with E-state index in [1.807, 2.05) is 43.3 Å². The lowest BCUT2D eigenvalue weighted by molar-refractivity contribution is 0.0664. The van der Waals surface area contributed by atoms with Gasteiger partial charge in [0.15, 0.2) is 0 Å². The number of piperazine rings is 1. The van der Waals surface area contributed by atoms with Gasteiger partial charge in [0.25, 0.3) is 5.91 Å². The fourth-order valence-corrected chi connectivity index (χ4v) is 6.64. The Bertz CT molecular complexity index is 1730. The Morgan fingerprint density at radius 3 is 2.32 bits per heavy atom. The number of carbonyl (C=O) groups excluding carboxylic acids is 1. The van der Waals surface area contributed by atoms with Crippen molar-refractivity contribution in [1.29, 1.82) is 5.41 Å². The fourth-order valence-electron chi connectivity index (χ4n) is 6.64. The molecular weight excluding hydrogens is 596 g/mol. The van der Waals surface area contributed by atoms with E-state index in [0.717, 1.165) is 98.2 Å². The number of benzene rings is 3. The van der Waals surface area contributed by atoms with E-state index in [1.165, 1.54) is 12.1 Å². The molecule has 244 valence electrons. The van der Waals surface area contributed by atoms with E-state index >= 15 is 0 Å². The van der Waals surface area contributed by atoms with Crippen LogP contribution in [0.3, 0.4) is 0 Å². The minimum absolute atomic E-state index is 0.0272. The maximum Gasteiger partial charge on any atom is 0.257 e. The van der Waals surface area contributed by atoms with Crippen molar-refractivity contribution >= 4 is 17.4 Å². The Morgan fingerprint density at radius 2 is 1.62 bits per heavy atom. The number of amides is 1. The van der Waals surface area contributed by atoms with Gasteiger partial charge in [-0.2, -0.15) is 0 Å². The Labute approximate surface area is 275 Å². The lowest BCUT2D eigenvalue weighted by Gasteiger charge is -2.34. The van der Waals surface area contributed by atoms with Crippen LogP contribution >= 0.6 is 0 Å². The van der Waals surface area contributed by atoms with Crippen LogP contribution in [0.25, 0.3) is 11.1 Å².